The predicted molar refractivity (Wildman–Crippen MR) is 60.3 cm³/mol. The van der Waals surface area contributed by atoms with Crippen molar-refractivity contribution in [3.8, 4) is 0 Å². The van der Waals surface area contributed by atoms with E-state index in [-0.39, 0.29) is 0 Å². The third kappa shape index (κ3) is 1.84. The normalized spacial score (nSPS) is 36.1. The fraction of sp³-hybridized carbons (Fsp3) is 0.917. The minimum Gasteiger partial charge on any atom is -0.480 e. The highest BCUT2D eigenvalue weighted by molar-refractivity contribution is 5.80. The highest BCUT2D eigenvalue weighted by Crippen LogP contribution is 2.46. The molecule has 4 nitrogen and oxygen atoms in total. The van der Waals surface area contributed by atoms with Gasteiger partial charge in [0.2, 0.25) is 0 Å². The van der Waals surface area contributed by atoms with Gasteiger partial charge < -0.3 is 9.84 Å². The Hall–Kier alpha value is -0.610. The van der Waals surface area contributed by atoms with Crippen LogP contribution in [0.4, 0.5) is 0 Å². The van der Waals surface area contributed by atoms with Gasteiger partial charge in [0.15, 0.2) is 0 Å². The lowest BCUT2D eigenvalue weighted by Crippen LogP contribution is -2.65. The third-order valence-electron chi connectivity index (χ3n) is 4.16. The van der Waals surface area contributed by atoms with Crippen LogP contribution in [0.1, 0.15) is 26.7 Å². The second-order valence-corrected chi connectivity index (χ2v) is 5.35. The quantitative estimate of drug-likeness (QED) is 0.787. The van der Waals surface area contributed by atoms with Crippen molar-refractivity contribution in [3.63, 3.8) is 0 Å². The molecule has 0 bridgehead atoms. The van der Waals surface area contributed by atoms with E-state index in [1.807, 2.05) is 0 Å². The molecule has 1 N–H and O–H groups in total. The Labute approximate surface area is 96.6 Å². The van der Waals surface area contributed by atoms with Gasteiger partial charge in [-0.2, -0.15) is 0 Å². The maximum absolute atomic E-state index is 11.5. The molecule has 0 radical (unpaired) electrons. The lowest BCUT2D eigenvalue weighted by Gasteiger charge is -2.53. The molecule has 0 spiro atoms. The van der Waals surface area contributed by atoms with Crippen LogP contribution in [0.25, 0.3) is 0 Å². The average Bonchev–Trinajstić information content (AvgIpc) is 2.16. The van der Waals surface area contributed by atoms with Gasteiger partial charge in [0.25, 0.3) is 0 Å². The molecule has 2 rings (SSSR count). The van der Waals surface area contributed by atoms with Crippen LogP contribution in [0.5, 0.6) is 0 Å². The van der Waals surface area contributed by atoms with Crippen molar-refractivity contribution in [2.75, 3.05) is 26.3 Å². The molecular weight excluding hydrogens is 206 g/mol. The molecule has 1 heterocycles. The van der Waals surface area contributed by atoms with E-state index in [1.54, 1.807) is 0 Å². The first-order chi connectivity index (χ1) is 7.56. The summed E-state index contributed by atoms with van der Waals surface area (Å²) in [6.07, 6.45) is 1.61. The Balaban J connectivity index is 2.04. The van der Waals surface area contributed by atoms with Crippen LogP contribution in [0.15, 0.2) is 0 Å². The Morgan fingerprint density at radius 3 is 2.38 bits per heavy atom. The molecule has 1 aliphatic carbocycles. The summed E-state index contributed by atoms with van der Waals surface area (Å²) in [4.78, 5) is 13.6. The number of carboxylic acids is 1. The fourth-order valence-electron chi connectivity index (χ4n) is 2.84. The number of aliphatic carboxylic acids is 1. The van der Waals surface area contributed by atoms with Gasteiger partial charge in [0.1, 0.15) is 5.54 Å². The van der Waals surface area contributed by atoms with Gasteiger partial charge in [-0.15, -0.1) is 0 Å². The molecule has 1 saturated carbocycles. The lowest BCUT2D eigenvalue weighted by molar-refractivity contribution is -0.170. The molecule has 92 valence electrons. The SMILES string of the molecule is CC(C)C1CC(C(=O)O)(N2CCOCC2)C1. The predicted octanol–water partition coefficient (Wildman–Crippen LogP) is 1.21. The van der Waals surface area contributed by atoms with E-state index in [1.165, 1.54) is 0 Å². The largest absolute Gasteiger partial charge is 0.480 e. The van der Waals surface area contributed by atoms with Crippen LogP contribution in [0.2, 0.25) is 0 Å². The van der Waals surface area contributed by atoms with Crippen molar-refractivity contribution in [3.05, 3.63) is 0 Å². The van der Waals surface area contributed by atoms with E-state index in [9.17, 15) is 9.90 Å². The lowest BCUT2D eigenvalue weighted by atomic mass is 9.63. The van der Waals surface area contributed by atoms with E-state index in [4.69, 9.17) is 4.74 Å². The number of carbonyl (C=O) groups is 1. The zero-order valence-electron chi connectivity index (χ0n) is 10.1. The molecule has 0 aromatic rings. The molecule has 16 heavy (non-hydrogen) atoms. The molecule has 0 aromatic heterocycles. The van der Waals surface area contributed by atoms with E-state index in [0.29, 0.717) is 25.0 Å². The first kappa shape index (κ1) is 11.9. The maximum Gasteiger partial charge on any atom is 0.324 e. The number of morpholine rings is 1. The molecule has 0 atom stereocenters. The van der Waals surface area contributed by atoms with Crippen LogP contribution in [0, 0.1) is 11.8 Å². The molecular formula is C12H21NO3. The summed E-state index contributed by atoms with van der Waals surface area (Å²) in [7, 11) is 0. The smallest absolute Gasteiger partial charge is 0.324 e. The molecule has 2 aliphatic rings. The highest BCUT2D eigenvalue weighted by Gasteiger charge is 2.55. The van der Waals surface area contributed by atoms with Crippen molar-refractivity contribution in [2.24, 2.45) is 11.8 Å². The van der Waals surface area contributed by atoms with Gasteiger partial charge in [-0.05, 0) is 24.7 Å². The summed E-state index contributed by atoms with van der Waals surface area (Å²) in [5.41, 5.74) is -0.585. The number of rotatable bonds is 3. The number of carboxylic acid groups (broad SMARTS) is 1. The van der Waals surface area contributed by atoms with Crippen molar-refractivity contribution in [1.29, 1.82) is 0 Å². The van der Waals surface area contributed by atoms with Gasteiger partial charge in [0.05, 0.1) is 13.2 Å². The second-order valence-electron chi connectivity index (χ2n) is 5.35. The Kier molecular flexibility index (Phi) is 3.22. The Morgan fingerprint density at radius 2 is 1.94 bits per heavy atom. The molecule has 0 amide bonds. The zero-order valence-corrected chi connectivity index (χ0v) is 10.1. The van der Waals surface area contributed by atoms with Crippen molar-refractivity contribution >= 4 is 5.97 Å². The van der Waals surface area contributed by atoms with Crippen molar-refractivity contribution in [2.45, 2.75) is 32.2 Å². The average molecular weight is 227 g/mol. The second kappa shape index (κ2) is 4.34. The Morgan fingerprint density at radius 1 is 1.38 bits per heavy atom. The van der Waals surface area contributed by atoms with Gasteiger partial charge in [0, 0.05) is 13.1 Å². The van der Waals surface area contributed by atoms with Gasteiger partial charge >= 0.3 is 5.97 Å². The zero-order chi connectivity index (χ0) is 11.8. The van der Waals surface area contributed by atoms with Crippen LogP contribution < -0.4 is 0 Å². The van der Waals surface area contributed by atoms with Gasteiger partial charge in [-0.1, -0.05) is 13.8 Å². The third-order valence-corrected chi connectivity index (χ3v) is 4.16. The first-order valence-corrected chi connectivity index (χ1v) is 6.12. The molecule has 1 aliphatic heterocycles. The Bertz CT molecular complexity index is 265. The monoisotopic (exact) mass is 227 g/mol. The summed E-state index contributed by atoms with van der Waals surface area (Å²) in [5, 5.41) is 9.45. The summed E-state index contributed by atoms with van der Waals surface area (Å²) in [6.45, 7) is 7.21. The van der Waals surface area contributed by atoms with E-state index >= 15 is 0 Å². The summed E-state index contributed by atoms with van der Waals surface area (Å²) in [5.74, 6) is 0.513. The number of ether oxygens (including phenoxy) is 1. The van der Waals surface area contributed by atoms with Crippen LogP contribution in [-0.2, 0) is 9.53 Å². The number of nitrogens with zero attached hydrogens (tertiary/aromatic N) is 1. The van der Waals surface area contributed by atoms with Crippen LogP contribution >= 0.6 is 0 Å². The minimum absolute atomic E-state index is 0.568. The van der Waals surface area contributed by atoms with Crippen LogP contribution in [-0.4, -0.2) is 47.8 Å². The molecule has 0 aromatic carbocycles. The summed E-state index contributed by atoms with van der Waals surface area (Å²) in [6, 6.07) is 0. The van der Waals surface area contributed by atoms with Gasteiger partial charge in [-0.3, -0.25) is 9.69 Å². The first-order valence-electron chi connectivity index (χ1n) is 6.12. The highest BCUT2D eigenvalue weighted by atomic mass is 16.5. The number of hydrogen-bond acceptors (Lipinski definition) is 3. The molecule has 1 saturated heterocycles. The molecule has 2 fully saturated rings. The van der Waals surface area contributed by atoms with E-state index in [2.05, 4.69) is 18.7 Å². The fourth-order valence-corrected chi connectivity index (χ4v) is 2.84. The van der Waals surface area contributed by atoms with Crippen LogP contribution in [0.3, 0.4) is 0 Å². The van der Waals surface area contributed by atoms with Crippen molar-refractivity contribution < 1.29 is 14.6 Å². The summed E-state index contributed by atoms with van der Waals surface area (Å²) < 4.78 is 5.28. The van der Waals surface area contributed by atoms with E-state index in [0.717, 1.165) is 25.9 Å². The topological polar surface area (TPSA) is 49.8 Å². The number of hydrogen-bond donors (Lipinski definition) is 1. The minimum atomic E-state index is -0.647. The standard InChI is InChI=1S/C12H21NO3/c1-9(2)10-7-12(8-10,11(14)15)13-3-5-16-6-4-13/h9-10H,3-8H2,1-2H3,(H,14,15). The summed E-state index contributed by atoms with van der Waals surface area (Å²) >= 11 is 0. The van der Waals surface area contributed by atoms with Crippen molar-refractivity contribution in [1.82, 2.24) is 4.90 Å². The molecule has 4 heteroatoms. The molecule has 0 unspecified atom stereocenters. The van der Waals surface area contributed by atoms with Gasteiger partial charge in [-0.25, -0.2) is 0 Å². The van der Waals surface area contributed by atoms with E-state index < -0.39 is 11.5 Å². The maximum atomic E-state index is 11.5.